The lowest BCUT2D eigenvalue weighted by Crippen LogP contribution is -2.24. The molecular formula is C25H21F2N3O. The lowest BCUT2D eigenvalue weighted by Gasteiger charge is -2.22. The van der Waals surface area contributed by atoms with E-state index < -0.39 is 11.7 Å². The van der Waals surface area contributed by atoms with Gasteiger partial charge < -0.3 is 16.0 Å². The topological polar surface area (TPSA) is 70.9 Å². The molecule has 0 saturated carbocycles. The predicted molar refractivity (Wildman–Crippen MR) is 118 cm³/mol. The van der Waals surface area contributed by atoms with Crippen molar-refractivity contribution in [3.05, 3.63) is 82.5 Å². The van der Waals surface area contributed by atoms with E-state index >= 15 is 4.39 Å². The molecule has 0 saturated heterocycles. The quantitative estimate of drug-likeness (QED) is 0.447. The highest BCUT2D eigenvalue weighted by atomic mass is 19.1. The largest absolute Gasteiger partial charge is 0.366 e. The molecule has 6 heteroatoms. The lowest BCUT2D eigenvalue weighted by atomic mass is 9.87. The third-order valence-electron chi connectivity index (χ3n) is 6.02. The molecule has 4 aromatic rings. The second-order valence-corrected chi connectivity index (χ2v) is 7.90. The Morgan fingerprint density at radius 2 is 1.84 bits per heavy atom. The van der Waals surface area contributed by atoms with E-state index in [0.29, 0.717) is 16.5 Å². The van der Waals surface area contributed by atoms with Crippen molar-refractivity contribution in [1.29, 1.82) is 0 Å². The zero-order valence-electron chi connectivity index (χ0n) is 17.0. The number of benzene rings is 3. The molecule has 1 aliphatic rings. The SMILES string of the molecule is Cc1[nH]c2c(C(N)=O)cc(F)c(-c3cccc4c3CCNC4)c2c1-c1ccc(F)cc1. The summed E-state index contributed by atoms with van der Waals surface area (Å²) in [6, 6.07) is 13.2. The summed E-state index contributed by atoms with van der Waals surface area (Å²) in [5.74, 6) is -1.56. The minimum Gasteiger partial charge on any atom is -0.366 e. The second-order valence-electron chi connectivity index (χ2n) is 7.90. The first-order valence-corrected chi connectivity index (χ1v) is 10.2. The molecule has 0 unspecified atom stereocenters. The van der Waals surface area contributed by atoms with E-state index in [-0.39, 0.29) is 11.4 Å². The first-order chi connectivity index (χ1) is 15.0. The Kier molecular flexibility index (Phi) is 4.59. The van der Waals surface area contributed by atoms with Crippen LogP contribution >= 0.6 is 0 Å². The molecule has 1 aromatic heterocycles. The fourth-order valence-electron chi connectivity index (χ4n) is 4.67. The number of halogens is 2. The first-order valence-electron chi connectivity index (χ1n) is 10.2. The maximum atomic E-state index is 15.7. The van der Waals surface area contributed by atoms with Gasteiger partial charge in [0, 0.05) is 28.8 Å². The van der Waals surface area contributed by atoms with Crippen LogP contribution in [0.25, 0.3) is 33.2 Å². The van der Waals surface area contributed by atoms with Crippen molar-refractivity contribution >= 4 is 16.8 Å². The average Bonchev–Trinajstić information content (AvgIpc) is 3.10. The first kappa shape index (κ1) is 19.5. The van der Waals surface area contributed by atoms with E-state index in [1.54, 1.807) is 12.1 Å². The summed E-state index contributed by atoms with van der Waals surface area (Å²) >= 11 is 0. The van der Waals surface area contributed by atoms with Gasteiger partial charge in [-0.1, -0.05) is 30.3 Å². The summed E-state index contributed by atoms with van der Waals surface area (Å²) in [6.07, 6.45) is 0.777. The molecule has 1 amide bonds. The van der Waals surface area contributed by atoms with Gasteiger partial charge in [0.15, 0.2) is 0 Å². The summed E-state index contributed by atoms with van der Waals surface area (Å²) in [7, 11) is 0. The minimum absolute atomic E-state index is 0.0965. The fraction of sp³-hybridized carbons (Fsp3) is 0.160. The predicted octanol–water partition coefficient (Wildman–Crippen LogP) is 4.83. The molecule has 3 aromatic carbocycles. The molecular weight excluding hydrogens is 396 g/mol. The van der Waals surface area contributed by atoms with Crippen molar-refractivity contribution in [3.63, 3.8) is 0 Å². The number of nitrogens with one attached hydrogen (secondary N) is 2. The van der Waals surface area contributed by atoms with Crippen molar-refractivity contribution in [2.24, 2.45) is 5.73 Å². The van der Waals surface area contributed by atoms with Crippen molar-refractivity contribution in [1.82, 2.24) is 10.3 Å². The van der Waals surface area contributed by atoms with Crippen LogP contribution in [-0.2, 0) is 13.0 Å². The van der Waals surface area contributed by atoms with E-state index in [1.165, 1.54) is 18.2 Å². The maximum Gasteiger partial charge on any atom is 0.250 e. The Hall–Kier alpha value is -3.51. The summed E-state index contributed by atoms with van der Waals surface area (Å²) in [5, 5.41) is 3.93. The number of aryl methyl sites for hydroxylation is 1. The average molecular weight is 417 g/mol. The number of rotatable bonds is 3. The standard InChI is InChI=1S/C25H21F2N3O/c1-13-21(14-5-7-16(26)8-6-14)23-22(20(27)11-19(25(28)31)24(23)30-13)18-4-2-3-15-12-29-10-9-17(15)18/h2-8,11,29-30H,9-10,12H2,1H3,(H2,28,31). The van der Waals surface area contributed by atoms with E-state index in [0.717, 1.165) is 53.0 Å². The number of carbonyl (C=O) groups is 1. The van der Waals surface area contributed by atoms with Gasteiger partial charge in [-0.25, -0.2) is 8.78 Å². The number of aromatic nitrogens is 1. The third kappa shape index (κ3) is 3.11. The Morgan fingerprint density at radius 3 is 2.58 bits per heavy atom. The smallest absolute Gasteiger partial charge is 0.250 e. The minimum atomic E-state index is -0.707. The molecule has 0 aliphatic carbocycles. The van der Waals surface area contributed by atoms with Crippen LogP contribution in [0.5, 0.6) is 0 Å². The van der Waals surface area contributed by atoms with Gasteiger partial charge in [0.2, 0.25) is 0 Å². The van der Waals surface area contributed by atoms with Gasteiger partial charge in [-0.15, -0.1) is 0 Å². The van der Waals surface area contributed by atoms with Crippen LogP contribution in [-0.4, -0.2) is 17.4 Å². The van der Waals surface area contributed by atoms with Gasteiger partial charge in [0.25, 0.3) is 5.91 Å². The van der Waals surface area contributed by atoms with Crippen LogP contribution in [0.3, 0.4) is 0 Å². The normalized spacial score (nSPS) is 13.4. The Morgan fingerprint density at radius 1 is 1.06 bits per heavy atom. The third-order valence-corrected chi connectivity index (χ3v) is 6.02. The Labute approximate surface area is 178 Å². The Balaban J connectivity index is 1.92. The molecule has 0 bridgehead atoms. The molecule has 5 rings (SSSR count). The van der Waals surface area contributed by atoms with Crippen LogP contribution in [0.4, 0.5) is 8.78 Å². The number of nitrogens with two attached hydrogens (primary N) is 1. The molecule has 4 N–H and O–H groups in total. The highest BCUT2D eigenvalue weighted by Gasteiger charge is 2.25. The molecule has 4 nitrogen and oxygen atoms in total. The zero-order chi connectivity index (χ0) is 21.7. The fourth-order valence-corrected chi connectivity index (χ4v) is 4.67. The number of hydrogen-bond donors (Lipinski definition) is 3. The van der Waals surface area contributed by atoms with Crippen molar-refractivity contribution in [3.8, 4) is 22.3 Å². The number of hydrogen-bond acceptors (Lipinski definition) is 2. The van der Waals surface area contributed by atoms with Crippen LogP contribution < -0.4 is 11.1 Å². The van der Waals surface area contributed by atoms with Gasteiger partial charge in [-0.2, -0.15) is 0 Å². The van der Waals surface area contributed by atoms with Crippen molar-refractivity contribution in [2.45, 2.75) is 19.9 Å². The monoisotopic (exact) mass is 417 g/mol. The zero-order valence-corrected chi connectivity index (χ0v) is 17.0. The van der Waals surface area contributed by atoms with E-state index in [1.807, 2.05) is 25.1 Å². The number of fused-ring (bicyclic) bond motifs is 2. The second kappa shape index (κ2) is 7.32. The number of amides is 1. The molecule has 156 valence electrons. The number of H-pyrrole nitrogens is 1. The molecule has 2 heterocycles. The van der Waals surface area contributed by atoms with Gasteiger partial charge in [-0.05, 0) is 60.3 Å². The van der Waals surface area contributed by atoms with Crippen LogP contribution in [0.2, 0.25) is 0 Å². The van der Waals surface area contributed by atoms with Crippen molar-refractivity contribution in [2.75, 3.05) is 6.54 Å². The summed E-state index contributed by atoms with van der Waals surface area (Å²) < 4.78 is 29.2. The molecule has 0 atom stereocenters. The molecule has 0 spiro atoms. The molecule has 1 aliphatic heterocycles. The van der Waals surface area contributed by atoms with E-state index in [9.17, 15) is 9.18 Å². The van der Waals surface area contributed by atoms with Crippen LogP contribution in [0.1, 0.15) is 27.2 Å². The molecule has 31 heavy (non-hydrogen) atoms. The molecule has 0 radical (unpaired) electrons. The van der Waals surface area contributed by atoms with Gasteiger partial charge in [-0.3, -0.25) is 4.79 Å². The summed E-state index contributed by atoms with van der Waals surface area (Å²) in [5.41, 5.74) is 11.9. The number of primary amides is 1. The van der Waals surface area contributed by atoms with Crippen molar-refractivity contribution < 1.29 is 13.6 Å². The van der Waals surface area contributed by atoms with Crippen LogP contribution in [0.15, 0.2) is 48.5 Å². The van der Waals surface area contributed by atoms with E-state index in [2.05, 4.69) is 10.3 Å². The molecule has 0 fully saturated rings. The number of carbonyl (C=O) groups excluding carboxylic acids is 1. The van der Waals surface area contributed by atoms with Crippen LogP contribution in [0, 0.1) is 18.6 Å². The lowest BCUT2D eigenvalue weighted by molar-refractivity contribution is 0.100. The van der Waals surface area contributed by atoms with Gasteiger partial charge >= 0.3 is 0 Å². The Bertz CT molecular complexity index is 1340. The van der Waals surface area contributed by atoms with Gasteiger partial charge in [0.1, 0.15) is 11.6 Å². The number of aromatic amines is 1. The maximum absolute atomic E-state index is 15.7. The summed E-state index contributed by atoms with van der Waals surface area (Å²) in [4.78, 5) is 15.4. The van der Waals surface area contributed by atoms with E-state index in [4.69, 9.17) is 5.73 Å². The summed E-state index contributed by atoms with van der Waals surface area (Å²) in [6.45, 7) is 3.39. The highest BCUT2D eigenvalue weighted by molar-refractivity contribution is 6.15. The van der Waals surface area contributed by atoms with Gasteiger partial charge in [0.05, 0.1) is 11.1 Å². The highest BCUT2D eigenvalue weighted by Crippen LogP contribution is 2.43.